The average molecular weight is 359 g/mol. The van der Waals surface area contributed by atoms with Crippen LogP contribution in [0.4, 0.5) is 10.1 Å². The smallest absolute Gasteiger partial charge is 0.329 e. The van der Waals surface area contributed by atoms with E-state index in [4.69, 9.17) is 4.74 Å². The third kappa shape index (κ3) is 3.54. The third-order valence-electron chi connectivity index (χ3n) is 4.13. The standard InChI is InChI=1S/C19H18FNO3S/c1-12-18(22)21(15-9-8-14(20)11-17(15)25-12)16(19(23)24-2)10-13-6-4-3-5-7-13/h3-9,11-12,16H,10H2,1-2H3. The highest BCUT2D eigenvalue weighted by molar-refractivity contribution is 8.01. The van der Waals surface area contributed by atoms with Crippen LogP contribution in [0.2, 0.25) is 0 Å². The summed E-state index contributed by atoms with van der Waals surface area (Å²) in [7, 11) is 1.30. The Balaban J connectivity index is 2.05. The zero-order valence-corrected chi connectivity index (χ0v) is 14.8. The minimum Gasteiger partial charge on any atom is -0.467 e. The summed E-state index contributed by atoms with van der Waals surface area (Å²) in [6.45, 7) is 1.75. The van der Waals surface area contributed by atoms with E-state index < -0.39 is 17.3 Å². The van der Waals surface area contributed by atoms with Crippen LogP contribution in [0, 0.1) is 5.82 Å². The number of hydrogen-bond donors (Lipinski definition) is 0. The molecule has 0 radical (unpaired) electrons. The van der Waals surface area contributed by atoms with E-state index in [1.165, 1.54) is 35.9 Å². The Morgan fingerprint density at radius 1 is 1.28 bits per heavy atom. The number of hydrogen-bond acceptors (Lipinski definition) is 4. The van der Waals surface area contributed by atoms with Gasteiger partial charge in [-0.05, 0) is 30.7 Å². The molecule has 6 heteroatoms. The summed E-state index contributed by atoms with van der Waals surface area (Å²) in [5.74, 6) is -1.05. The first-order valence-electron chi connectivity index (χ1n) is 7.92. The molecule has 0 bridgehead atoms. The van der Waals surface area contributed by atoms with Crippen LogP contribution in [-0.2, 0) is 20.7 Å². The summed E-state index contributed by atoms with van der Waals surface area (Å²) < 4.78 is 18.6. The zero-order chi connectivity index (χ0) is 18.0. The first-order valence-corrected chi connectivity index (χ1v) is 8.80. The van der Waals surface area contributed by atoms with Crippen LogP contribution in [0.3, 0.4) is 0 Å². The number of esters is 1. The number of rotatable bonds is 4. The van der Waals surface area contributed by atoms with Crippen LogP contribution in [0.5, 0.6) is 0 Å². The largest absolute Gasteiger partial charge is 0.467 e. The van der Waals surface area contributed by atoms with Crippen molar-refractivity contribution in [2.45, 2.75) is 29.5 Å². The number of ether oxygens (including phenoxy) is 1. The second kappa shape index (κ2) is 7.27. The Kier molecular flexibility index (Phi) is 5.08. The van der Waals surface area contributed by atoms with Crippen molar-refractivity contribution in [2.24, 2.45) is 0 Å². The van der Waals surface area contributed by atoms with Crippen LogP contribution in [0.25, 0.3) is 0 Å². The highest BCUT2D eigenvalue weighted by atomic mass is 32.2. The lowest BCUT2D eigenvalue weighted by Crippen LogP contribution is -2.51. The Bertz CT molecular complexity index is 797. The molecule has 0 spiro atoms. The van der Waals surface area contributed by atoms with Crippen LogP contribution < -0.4 is 4.90 Å². The van der Waals surface area contributed by atoms with Crippen molar-refractivity contribution in [3.05, 3.63) is 59.9 Å². The fraction of sp³-hybridized carbons (Fsp3) is 0.263. The van der Waals surface area contributed by atoms with E-state index in [9.17, 15) is 14.0 Å². The van der Waals surface area contributed by atoms with Crippen LogP contribution in [0.1, 0.15) is 12.5 Å². The van der Waals surface area contributed by atoms with E-state index in [1.54, 1.807) is 13.0 Å². The van der Waals surface area contributed by atoms with Gasteiger partial charge >= 0.3 is 5.97 Å². The first kappa shape index (κ1) is 17.5. The molecule has 130 valence electrons. The van der Waals surface area contributed by atoms with Gasteiger partial charge in [0.2, 0.25) is 5.91 Å². The average Bonchev–Trinajstić information content (AvgIpc) is 2.62. The summed E-state index contributed by atoms with van der Waals surface area (Å²) in [5.41, 5.74) is 1.46. The second-order valence-corrected chi connectivity index (χ2v) is 7.19. The van der Waals surface area contributed by atoms with Gasteiger partial charge in [0.25, 0.3) is 0 Å². The molecule has 1 amide bonds. The van der Waals surface area contributed by atoms with E-state index in [-0.39, 0.29) is 11.7 Å². The van der Waals surface area contributed by atoms with E-state index in [0.29, 0.717) is 17.0 Å². The lowest BCUT2D eigenvalue weighted by Gasteiger charge is -2.36. The molecule has 1 heterocycles. The molecule has 2 atom stereocenters. The van der Waals surface area contributed by atoms with Gasteiger partial charge in [0.05, 0.1) is 18.0 Å². The number of nitrogens with zero attached hydrogens (tertiary/aromatic N) is 1. The van der Waals surface area contributed by atoms with Gasteiger partial charge in [0, 0.05) is 11.3 Å². The summed E-state index contributed by atoms with van der Waals surface area (Å²) >= 11 is 1.30. The van der Waals surface area contributed by atoms with Gasteiger partial charge in [0.1, 0.15) is 11.9 Å². The maximum absolute atomic E-state index is 13.6. The highest BCUT2D eigenvalue weighted by Crippen LogP contribution is 2.41. The Morgan fingerprint density at radius 2 is 2.00 bits per heavy atom. The molecule has 0 fully saturated rings. The number of fused-ring (bicyclic) bond motifs is 1. The molecule has 2 unspecified atom stereocenters. The number of thioether (sulfide) groups is 1. The van der Waals surface area contributed by atoms with Gasteiger partial charge in [-0.15, -0.1) is 11.8 Å². The molecule has 2 aromatic carbocycles. The predicted molar refractivity (Wildman–Crippen MR) is 95.2 cm³/mol. The number of carbonyl (C=O) groups excluding carboxylic acids is 2. The quantitative estimate of drug-likeness (QED) is 0.785. The van der Waals surface area contributed by atoms with Gasteiger partial charge in [0.15, 0.2) is 0 Å². The fourth-order valence-electron chi connectivity index (χ4n) is 2.91. The summed E-state index contributed by atoms with van der Waals surface area (Å²) in [4.78, 5) is 27.4. The number of carbonyl (C=O) groups is 2. The number of benzene rings is 2. The molecule has 1 aliphatic heterocycles. The molecule has 0 N–H and O–H groups in total. The van der Waals surface area contributed by atoms with Crippen LogP contribution in [-0.4, -0.2) is 30.3 Å². The van der Waals surface area contributed by atoms with E-state index >= 15 is 0 Å². The Hall–Kier alpha value is -2.34. The second-order valence-electron chi connectivity index (χ2n) is 5.81. The fourth-order valence-corrected chi connectivity index (χ4v) is 3.97. The molecule has 25 heavy (non-hydrogen) atoms. The third-order valence-corrected chi connectivity index (χ3v) is 5.26. The van der Waals surface area contributed by atoms with Crippen molar-refractivity contribution >= 4 is 29.3 Å². The van der Waals surface area contributed by atoms with Crippen molar-refractivity contribution in [3.63, 3.8) is 0 Å². The molecule has 0 saturated heterocycles. The van der Waals surface area contributed by atoms with Crippen molar-refractivity contribution < 1.29 is 18.7 Å². The number of amides is 1. The lowest BCUT2D eigenvalue weighted by molar-refractivity contribution is -0.143. The van der Waals surface area contributed by atoms with Crippen molar-refractivity contribution in [3.8, 4) is 0 Å². The normalized spacial score (nSPS) is 17.8. The molecule has 0 saturated carbocycles. The summed E-state index contributed by atoms with van der Waals surface area (Å²) in [6.07, 6.45) is 0.327. The number of anilines is 1. The molecule has 0 aliphatic carbocycles. The molecule has 2 aromatic rings. The molecule has 1 aliphatic rings. The minimum atomic E-state index is -0.799. The van der Waals surface area contributed by atoms with Gasteiger partial charge < -0.3 is 4.74 Å². The topological polar surface area (TPSA) is 46.6 Å². The molecule has 4 nitrogen and oxygen atoms in total. The van der Waals surface area contributed by atoms with Crippen LogP contribution >= 0.6 is 11.8 Å². The van der Waals surface area contributed by atoms with E-state index in [1.807, 2.05) is 30.3 Å². The Morgan fingerprint density at radius 3 is 2.68 bits per heavy atom. The predicted octanol–water partition coefficient (Wildman–Crippen LogP) is 3.44. The van der Waals surface area contributed by atoms with Gasteiger partial charge in [-0.25, -0.2) is 9.18 Å². The lowest BCUT2D eigenvalue weighted by atomic mass is 10.0. The summed E-state index contributed by atoms with van der Waals surface area (Å²) in [5, 5.41) is -0.405. The zero-order valence-electron chi connectivity index (χ0n) is 13.9. The maximum atomic E-state index is 13.6. The van der Waals surface area contributed by atoms with Crippen molar-refractivity contribution in [2.75, 3.05) is 12.0 Å². The number of halogens is 1. The maximum Gasteiger partial charge on any atom is 0.329 e. The van der Waals surface area contributed by atoms with Crippen molar-refractivity contribution in [1.29, 1.82) is 0 Å². The molecule has 0 aromatic heterocycles. The number of methoxy groups -OCH3 is 1. The SMILES string of the molecule is COC(=O)C(Cc1ccccc1)N1C(=O)C(C)Sc2cc(F)ccc21. The first-order chi connectivity index (χ1) is 12.0. The van der Waals surface area contributed by atoms with Crippen LogP contribution in [0.15, 0.2) is 53.4 Å². The van der Waals surface area contributed by atoms with E-state index in [2.05, 4.69) is 0 Å². The summed E-state index contributed by atoms with van der Waals surface area (Å²) in [6, 6.07) is 12.9. The van der Waals surface area contributed by atoms with Crippen molar-refractivity contribution in [1.82, 2.24) is 0 Å². The molecular formula is C19H18FNO3S. The highest BCUT2D eigenvalue weighted by Gasteiger charge is 2.39. The van der Waals surface area contributed by atoms with Gasteiger partial charge in [-0.2, -0.15) is 0 Å². The van der Waals surface area contributed by atoms with Gasteiger partial charge in [-0.1, -0.05) is 30.3 Å². The molecule has 3 rings (SSSR count). The molecular weight excluding hydrogens is 341 g/mol. The monoisotopic (exact) mass is 359 g/mol. The minimum absolute atomic E-state index is 0.185. The van der Waals surface area contributed by atoms with Gasteiger partial charge in [-0.3, -0.25) is 9.69 Å². The van der Waals surface area contributed by atoms with E-state index in [0.717, 1.165) is 5.56 Å². The Labute approximate surface area is 150 Å².